The van der Waals surface area contributed by atoms with Crippen LogP contribution in [0.25, 0.3) is 112 Å². The minimum atomic E-state index is 0.588. The summed E-state index contributed by atoms with van der Waals surface area (Å²) >= 11 is 0. The van der Waals surface area contributed by atoms with Crippen molar-refractivity contribution in [3.05, 3.63) is 211 Å². The molecule has 1 aliphatic rings. The quantitative estimate of drug-likeness (QED) is 0.168. The molecule has 0 unspecified atom stereocenters. The molecule has 0 spiro atoms. The van der Waals surface area contributed by atoms with Gasteiger partial charge in [0.25, 0.3) is 0 Å². The summed E-state index contributed by atoms with van der Waals surface area (Å²) in [5, 5.41) is 5.85. The Morgan fingerprint density at radius 3 is 1.51 bits per heavy atom. The Balaban J connectivity index is 1.25. The first-order chi connectivity index (χ1) is 31.3. The number of para-hydroxylation sites is 4. The summed E-state index contributed by atoms with van der Waals surface area (Å²) in [6.07, 6.45) is 6.45. The van der Waals surface area contributed by atoms with E-state index in [0.717, 1.165) is 85.0 Å². The van der Waals surface area contributed by atoms with E-state index in [0.29, 0.717) is 17.5 Å². The van der Waals surface area contributed by atoms with E-state index in [9.17, 15) is 0 Å². The van der Waals surface area contributed by atoms with Crippen molar-refractivity contribution in [3.63, 3.8) is 0 Å². The van der Waals surface area contributed by atoms with Crippen molar-refractivity contribution >= 4 is 60.6 Å². The maximum atomic E-state index is 5.34. The Morgan fingerprint density at radius 2 is 0.905 bits per heavy atom. The number of nitrogens with zero attached hydrogens (tertiary/aromatic N) is 6. The van der Waals surface area contributed by atoms with Crippen LogP contribution in [0, 0.1) is 12.1 Å². The second-order valence-corrected chi connectivity index (χ2v) is 16.1. The van der Waals surface area contributed by atoms with Crippen molar-refractivity contribution in [2.75, 3.05) is 0 Å². The van der Waals surface area contributed by atoms with Gasteiger partial charge in [0.05, 0.1) is 39.1 Å². The Hall–Kier alpha value is -8.53. The first-order valence-corrected chi connectivity index (χ1v) is 21.4. The van der Waals surface area contributed by atoms with Crippen molar-refractivity contribution in [3.8, 4) is 51.2 Å². The first kappa shape index (κ1) is 35.2. The zero-order valence-corrected chi connectivity index (χ0v) is 34.1. The number of aromatic nitrogens is 6. The smallest absolute Gasteiger partial charge is 0.164 e. The normalized spacial score (nSPS) is 12.4. The average Bonchev–Trinajstić information content (AvgIpc) is 4.00. The lowest BCUT2D eigenvalue weighted by atomic mass is 10.0. The first-order valence-electron chi connectivity index (χ1n) is 21.4. The highest BCUT2D eigenvalue weighted by molar-refractivity contribution is 6.12. The molecule has 0 fully saturated rings. The molecule has 63 heavy (non-hydrogen) atoms. The Labute approximate surface area is 363 Å². The molecule has 6 heteroatoms. The van der Waals surface area contributed by atoms with Crippen molar-refractivity contribution in [2.45, 2.75) is 12.8 Å². The van der Waals surface area contributed by atoms with Gasteiger partial charge >= 0.3 is 0 Å². The topological polar surface area (TPSA) is 53.5 Å². The number of hydrogen-bond donors (Lipinski definition) is 0. The second kappa shape index (κ2) is 14.0. The highest BCUT2D eigenvalue weighted by Crippen LogP contribution is 2.44. The molecule has 0 atom stereocenters. The molecule has 6 nitrogen and oxygen atoms in total. The summed E-state index contributed by atoms with van der Waals surface area (Å²) in [5.74, 6) is 1.82. The highest BCUT2D eigenvalue weighted by Gasteiger charge is 2.28. The van der Waals surface area contributed by atoms with Gasteiger partial charge in [0.1, 0.15) is 5.52 Å². The minimum Gasteiger partial charge on any atom is -0.311 e. The third-order valence-corrected chi connectivity index (χ3v) is 12.6. The fourth-order valence-electron chi connectivity index (χ4n) is 9.89. The van der Waals surface area contributed by atoms with Crippen LogP contribution in [0.15, 0.2) is 188 Å². The largest absolute Gasteiger partial charge is 0.311 e. The molecule has 0 bridgehead atoms. The van der Waals surface area contributed by atoms with Gasteiger partial charge < -0.3 is 9.13 Å². The lowest BCUT2D eigenvalue weighted by Gasteiger charge is -2.24. The molecule has 294 valence electrons. The molecule has 0 saturated heterocycles. The van der Waals surface area contributed by atoms with E-state index in [1.54, 1.807) is 0 Å². The molecule has 0 aliphatic heterocycles. The summed E-state index contributed by atoms with van der Waals surface area (Å²) in [6.45, 7) is 0. The van der Waals surface area contributed by atoms with Crippen molar-refractivity contribution in [1.82, 2.24) is 28.7 Å². The number of rotatable bonds is 6. The van der Waals surface area contributed by atoms with Gasteiger partial charge in [-0.3, -0.25) is 4.57 Å². The molecule has 8 aromatic carbocycles. The Kier molecular flexibility index (Phi) is 7.84. The standard InChI is InChI=1S/C57H36N6/c1-3-19-37(20-4-1)55-58-56(38-21-5-2-6-22-38)60-57(59-55)39-35-52(61-46-29-13-7-23-40(46)41-24-8-14-30-47(41)61)54(63-50-33-17-11-27-44(50)45-28-12-18-34-51(45)63)53(36-39)62-48-31-15-9-25-42(48)43-26-10-16-32-49(43)62/h1-15,17,19-31,33,35-36H,16,32H2. The Morgan fingerprint density at radius 1 is 0.429 bits per heavy atom. The second-order valence-electron chi connectivity index (χ2n) is 16.1. The fourth-order valence-corrected chi connectivity index (χ4v) is 9.89. The molecule has 0 N–H and O–H groups in total. The van der Waals surface area contributed by atoms with E-state index < -0.39 is 0 Å². The molecule has 0 radical (unpaired) electrons. The average molecular weight is 805 g/mol. The number of fused-ring (bicyclic) bond motifs is 9. The number of hydrogen-bond acceptors (Lipinski definition) is 3. The van der Waals surface area contributed by atoms with E-state index in [1.807, 2.05) is 42.5 Å². The molecular weight excluding hydrogens is 769 g/mol. The van der Waals surface area contributed by atoms with E-state index in [1.165, 1.54) is 27.4 Å². The van der Waals surface area contributed by atoms with Crippen LogP contribution in [0.3, 0.4) is 0 Å². The van der Waals surface area contributed by atoms with Gasteiger partial charge in [-0.2, -0.15) is 0 Å². The van der Waals surface area contributed by atoms with Crippen LogP contribution in [-0.4, -0.2) is 28.7 Å². The molecule has 13 rings (SSSR count). The maximum Gasteiger partial charge on any atom is 0.164 e. The van der Waals surface area contributed by atoms with E-state index in [-0.39, 0.29) is 0 Å². The van der Waals surface area contributed by atoms with Crippen LogP contribution in [-0.2, 0) is 6.42 Å². The van der Waals surface area contributed by atoms with Gasteiger partial charge in [0, 0.05) is 54.9 Å². The van der Waals surface area contributed by atoms with Gasteiger partial charge in [0.15, 0.2) is 17.5 Å². The summed E-state index contributed by atoms with van der Waals surface area (Å²) in [4.78, 5) is 15.8. The SMILES string of the molecule is c1ccc2c3ccccc3n(-c3c(-n4c5c(c6ccccc64)C=CCC5)cc(-c4nc(-c5ccccc5)nc(-c5ccccc5)n4)cc3-n3c4ccccc4c4ccccc43)c2c#1. The predicted octanol–water partition coefficient (Wildman–Crippen LogP) is 13.6. The van der Waals surface area contributed by atoms with Gasteiger partial charge in [-0.25, -0.2) is 15.0 Å². The highest BCUT2D eigenvalue weighted by atomic mass is 15.1. The molecular formula is C57H36N6. The van der Waals surface area contributed by atoms with E-state index in [2.05, 4.69) is 178 Å². The molecule has 0 saturated carbocycles. The van der Waals surface area contributed by atoms with Gasteiger partial charge in [-0.1, -0.05) is 152 Å². The van der Waals surface area contributed by atoms with Crippen LogP contribution < -0.4 is 0 Å². The molecule has 12 aromatic rings. The fraction of sp³-hybridized carbons (Fsp3) is 0.0351. The number of benzene rings is 7. The van der Waals surface area contributed by atoms with Crippen LogP contribution in [0.1, 0.15) is 17.7 Å². The van der Waals surface area contributed by atoms with Crippen LogP contribution in [0.4, 0.5) is 0 Å². The van der Waals surface area contributed by atoms with Gasteiger partial charge in [-0.15, -0.1) is 0 Å². The van der Waals surface area contributed by atoms with Gasteiger partial charge in [0.2, 0.25) is 0 Å². The van der Waals surface area contributed by atoms with Crippen LogP contribution in [0.2, 0.25) is 0 Å². The third kappa shape index (κ3) is 5.43. The molecule has 4 aromatic heterocycles. The third-order valence-electron chi connectivity index (χ3n) is 12.6. The van der Waals surface area contributed by atoms with Crippen molar-refractivity contribution in [1.29, 1.82) is 0 Å². The monoisotopic (exact) mass is 804 g/mol. The zero-order valence-electron chi connectivity index (χ0n) is 34.1. The lowest BCUT2D eigenvalue weighted by Crippen LogP contribution is -2.12. The zero-order chi connectivity index (χ0) is 41.4. The molecule has 1 aliphatic carbocycles. The van der Waals surface area contributed by atoms with E-state index >= 15 is 0 Å². The molecule has 0 amide bonds. The van der Waals surface area contributed by atoms with E-state index in [4.69, 9.17) is 15.0 Å². The predicted molar refractivity (Wildman–Crippen MR) is 257 cm³/mol. The minimum absolute atomic E-state index is 0.588. The number of allylic oxidation sites excluding steroid dienone is 1. The summed E-state index contributed by atoms with van der Waals surface area (Å²) in [7, 11) is 0. The van der Waals surface area contributed by atoms with Crippen molar-refractivity contribution in [2.24, 2.45) is 0 Å². The summed E-state index contributed by atoms with van der Waals surface area (Å²) < 4.78 is 7.36. The summed E-state index contributed by atoms with van der Waals surface area (Å²) in [6, 6.07) is 71.1. The Bertz CT molecular complexity index is 3630. The molecule has 4 heterocycles. The summed E-state index contributed by atoms with van der Waals surface area (Å²) in [5.41, 5.74) is 13.7. The maximum absolute atomic E-state index is 5.34. The van der Waals surface area contributed by atoms with Crippen LogP contribution in [0.5, 0.6) is 0 Å². The van der Waals surface area contributed by atoms with Crippen LogP contribution >= 0.6 is 0 Å². The van der Waals surface area contributed by atoms with Gasteiger partial charge in [-0.05, 0) is 67.4 Å². The van der Waals surface area contributed by atoms with Crippen molar-refractivity contribution < 1.29 is 0 Å². The lowest BCUT2D eigenvalue weighted by molar-refractivity contribution is 0.881.